The van der Waals surface area contributed by atoms with Gasteiger partial charge in [-0.05, 0) is 62.7 Å². The number of carbonyl (C=O) groups is 1. The first-order chi connectivity index (χ1) is 12.4. The van der Waals surface area contributed by atoms with Crippen LogP contribution < -0.4 is 0 Å². The molecule has 0 aromatic heterocycles. The van der Waals surface area contributed by atoms with Crippen LogP contribution in [0.2, 0.25) is 0 Å². The molecule has 0 amide bonds. The zero-order chi connectivity index (χ0) is 18.5. The van der Waals surface area contributed by atoms with Gasteiger partial charge in [0.2, 0.25) is 0 Å². The summed E-state index contributed by atoms with van der Waals surface area (Å²) in [5, 5.41) is 22.9. The Hall–Kier alpha value is -0.610. The van der Waals surface area contributed by atoms with E-state index < -0.39 is 11.2 Å². The lowest BCUT2D eigenvalue weighted by molar-refractivity contribution is -0.172. The van der Waals surface area contributed by atoms with E-state index in [0.29, 0.717) is 5.92 Å². The normalized spacial score (nSPS) is 41.5. The van der Waals surface area contributed by atoms with Crippen molar-refractivity contribution < 1.29 is 19.7 Å². The van der Waals surface area contributed by atoms with Gasteiger partial charge in [0.05, 0.1) is 17.1 Å². The van der Waals surface area contributed by atoms with Gasteiger partial charge in [-0.2, -0.15) is 0 Å². The summed E-state index contributed by atoms with van der Waals surface area (Å²) in [5.41, 5.74) is -1.27. The molecule has 0 saturated heterocycles. The Morgan fingerprint density at radius 1 is 1.00 bits per heavy atom. The zero-order valence-electron chi connectivity index (χ0n) is 16.5. The van der Waals surface area contributed by atoms with Gasteiger partial charge < -0.3 is 14.9 Å². The van der Waals surface area contributed by atoms with E-state index in [-0.39, 0.29) is 35.7 Å². The SMILES string of the molecule is CCC(C)C(=O)OC1CC2CC1C(C1(O)CCCC1)C2C1(O)CCCC1. The van der Waals surface area contributed by atoms with Gasteiger partial charge in [0, 0.05) is 5.92 Å². The summed E-state index contributed by atoms with van der Waals surface area (Å²) in [6.07, 6.45) is 10.4. The molecule has 4 aliphatic rings. The molecule has 2 bridgehead atoms. The predicted octanol–water partition coefficient (Wildman–Crippen LogP) is 3.83. The van der Waals surface area contributed by atoms with Crippen LogP contribution in [0.15, 0.2) is 0 Å². The minimum atomic E-state index is -0.663. The number of ether oxygens (including phenoxy) is 1. The summed E-state index contributed by atoms with van der Waals surface area (Å²) < 4.78 is 5.94. The monoisotopic (exact) mass is 364 g/mol. The molecule has 26 heavy (non-hydrogen) atoms. The standard InChI is InChI=1S/C22H36O4/c1-3-14(2)20(23)26-17-13-15-12-16(17)19(22(25)10-6-7-11-22)18(15)21(24)8-4-5-9-21/h14-19,24-25H,3-13H2,1-2H3. The van der Waals surface area contributed by atoms with E-state index in [9.17, 15) is 15.0 Å². The first-order valence-electron chi connectivity index (χ1n) is 11.0. The van der Waals surface area contributed by atoms with Crippen molar-refractivity contribution in [2.75, 3.05) is 0 Å². The van der Waals surface area contributed by atoms with Crippen LogP contribution in [0.1, 0.15) is 84.5 Å². The van der Waals surface area contributed by atoms with Crippen LogP contribution in [-0.4, -0.2) is 33.5 Å². The molecule has 4 heteroatoms. The second-order valence-corrected chi connectivity index (χ2v) is 9.85. The second-order valence-electron chi connectivity index (χ2n) is 9.85. The Bertz CT molecular complexity index is 532. The third-order valence-electron chi connectivity index (χ3n) is 8.41. The fourth-order valence-corrected chi connectivity index (χ4v) is 7.02. The molecule has 6 unspecified atom stereocenters. The average molecular weight is 365 g/mol. The summed E-state index contributed by atoms with van der Waals surface area (Å²) in [6.45, 7) is 3.95. The van der Waals surface area contributed by atoms with Crippen molar-refractivity contribution in [2.45, 2.75) is 102 Å². The third-order valence-corrected chi connectivity index (χ3v) is 8.41. The Labute approximate surface area is 157 Å². The number of aliphatic hydroxyl groups is 2. The number of rotatable bonds is 5. The highest BCUT2D eigenvalue weighted by Gasteiger charge is 2.65. The Morgan fingerprint density at radius 2 is 1.54 bits per heavy atom. The largest absolute Gasteiger partial charge is 0.462 e. The van der Waals surface area contributed by atoms with E-state index in [1.807, 2.05) is 13.8 Å². The Balaban J connectivity index is 1.59. The first-order valence-corrected chi connectivity index (χ1v) is 11.0. The number of hydrogen-bond donors (Lipinski definition) is 2. The molecule has 4 aliphatic carbocycles. The number of carbonyl (C=O) groups excluding carboxylic acids is 1. The summed E-state index contributed by atoms with van der Waals surface area (Å²) >= 11 is 0. The smallest absolute Gasteiger partial charge is 0.308 e. The van der Waals surface area contributed by atoms with Crippen LogP contribution in [-0.2, 0) is 9.53 Å². The van der Waals surface area contributed by atoms with Gasteiger partial charge in [-0.15, -0.1) is 0 Å². The van der Waals surface area contributed by atoms with Crippen LogP contribution in [0.4, 0.5) is 0 Å². The molecule has 148 valence electrons. The maximum absolute atomic E-state index is 12.4. The fourth-order valence-electron chi connectivity index (χ4n) is 7.02. The van der Waals surface area contributed by atoms with Crippen molar-refractivity contribution in [1.82, 2.24) is 0 Å². The van der Waals surface area contributed by atoms with E-state index in [4.69, 9.17) is 4.74 Å². The summed E-state index contributed by atoms with van der Waals surface area (Å²) in [6, 6.07) is 0. The van der Waals surface area contributed by atoms with Crippen molar-refractivity contribution in [3.63, 3.8) is 0 Å². The maximum atomic E-state index is 12.4. The number of hydrogen-bond acceptors (Lipinski definition) is 4. The van der Waals surface area contributed by atoms with Crippen molar-refractivity contribution >= 4 is 5.97 Å². The van der Waals surface area contributed by atoms with Crippen molar-refractivity contribution in [1.29, 1.82) is 0 Å². The summed E-state index contributed by atoms with van der Waals surface area (Å²) in [5.74, 6) is 0.770. The number of fused-ring (bicyclic) bond motifs is 2. The molecule has 0 radical (unpaired) electrons. The fraction of sp³-hybridized carbons (Fsp3) is 0.955. The van der Waals surface area contributed by atoms with Crippen LogP contribution in [0.25, 0.3) is 0 Å². The van der Waals surface area contributed by atoms with Gasteiger partial charge in [0.15, 0.2) is 0 Å². The van der Waals surface area contributed by atoms with Gasteiger partial charge in [-0.3, -0.25) is 4.79 Å². The van der Waals surface area contributed by atoms with E-state index in [1.165, 1.54) is 0 Å². The third kappa shape index (κ3) is 2.92. The molecule has 6 atom stereocenters. The lowest BCUT2D eigenvalue weighted by Gasteiger charge is -2.48. The van der Waals surface area contributed by atoms with Crippen molar-refractivity contribution in [3.8, 4) is 0 Å². The lowest BCUT2D eigenvalue weighted by Crippen LogP contribution is -2.54. The van der Waals surface area contributed by atoms with Gasteiger partial charge in [-0.1, -0.05) is 39.5 Å². The molecule has 0 aliphatic heterocycles. The maximum Gasteiger partial charge on any atom is 0.308 e. The molecule has 0 heterocycles. The van der Waals surface area contributed by atoms with E-state index in [1.54, 1.807) is 0 Å². The van der Waals surface area contributed by atoms with E-state index >= 15 is 0 Å². The summed E-state index contributed by atoms with van der Waals surface area (Å²) in [4.78, 5) is 12.4. The van der Waals surface area contributed by atoms with Crippen LogP contribution in [0.3, 0.4) is 0 Å². The highest BCUT2D eigenvalue weighted by atomic mass is 16.5. The van der Waals surface area contributed by atoms with Gasteiger partial charge in [0.25, 0.3) is 0 Å². The number of esters is 1. The van der Waals surface area contributed by atoms with Crippen molar-refractivity contribution in [3.05, 3.63) is 0 Å². The highest BCUT2D eigenvalue weighted by Crippen LogP contribution is 2.64. The van der Waals surface area contributed by atoms with E-state index in [2.05, 4.69) is 0 Å². The Kier molecular flexibility index (Phi) is 4.88. The average Bonchev–Trinajstić information content (AvgIpc) is 3.38. The van der Waals surface area contributed by atoms with Crippen LogP contribution in [0, 0.1) is 29.6 Å². The van der Waals surface area contributed by atoms with E-state index in [0.717, 1.165) is 70.6 Å². The van der Waals surface area contributed by atoms with Crippen LogP contribution >= 0.6 is 0 Å². The van der Waals surface area contributed by atoms with Crippen molar-refractivity contribution in [2.24, 2.45) is 29.6 Å². The predicted molar refractivity (Wildman–Crippen MR) is 99.4 cm³/mol. The topological polar surface area (TPSA) is 66.8 Å². The minimum absolute atomic E-state index is 0.0580. The molecule has 4 nitrogen and oxygen atoms in total. The second kappa shape index (κ2) is 6.77. The highest BCUT2D eigenvalue weighted by molar-refractivity contribution is 5.72. The minimum Gasteiger partial charge on any atom is -0.462 e. The lowest BCUT2D eigenvalue weighted by atomic mass is 9.62. The molecule has 4 rings (SSSR count). The molecule has 0 aromatic carbocycles. The van der Waals surface area contributed by atoms with Gasteiger partial charge >= 0.3 is 5.97 Å². The first kappa shape index (κ1) is 18.7. The molecule has 0 aromatic rings. The molecule has 4 saturated carbocycles. The molecular weight excluding hydrogens is 328 g/mol. The van der Waals surface area contributed by atoms with Crippen LogP contribution in [0.5, 0.6) is 0 Å². The van der Waals surface area contributed by atoms with Gasteiger partial charge in [0.1, 0.15) is 6.10 Å². The molecule has 4 fully saturated rings. The quantitative estimate of drug-likeness (QED) is 0.728. The van der Waals surface area contributed by atoms with Gasteiger partial charge in [-0.25, -0.2) is 0 Å². The molecule has 0 spiro atoms. The zero-order valence-corrected chi connectivity index (χ0v) is 16.5. The molecular formula is C22H36O4. The Morgan fingerprint density at radius 3 is 2.08 bits per heavy atom. The molecule has 2 N–H and O–H groups in total. The summed E-state index contributed by atoms with van der Waals surface area (Å²) in [7, 11) is 0.